The van der Waals surface area contributed by atoms with E-state index in [0.717, 1.165) is 16.4 Å². The molecule has 1 heterocycles. The van der Waals surface area contributed by atoms with Gasteiger partial charge in [0.15, 0.2) is 5.13 Å². The van der Waals surface area contributed by atoms with Crippen LogP contribution in [0.3, 0.4) is 0 Å². The average Bonchev–Trinajstić information content (AvgIpc) is 2.58. The van der Waals surface area contributed by atoms with Crippen molar-refractivity contribution < 1.29 is 4.39 Å². The van der Waals surface area contributed by atoms with Crippen molar-refractivity contribution in [3.05, 3.63) is 46.2 Å². The van der Waals surface area contributed by atoms with E-state index in [0.29, 0.717) is 0 Å². The SMILES string of the molecule is Cc1nc(NC(C)c2ccc(F)cc2)sc1C. The van der Waals surface area contributed by atoms with Crippen LogP contribution in [0.4, 0.5) is 9.52 Å². The van der Waals surface area contributed by atoms with Crippen molar-refractivity contribution in [1.82, 2.24) is 4.98 Å². The summed E-state index contributed by atoms with van der Waals surface area (Å²) in [4.78, 5) is 5.65. The Labute approximate surface area is 105 Å². The highest BCUT2D eigenvalue weighted by Gasteiger charge is 2.09. The van der Waals surface area contributed by atoms with Gasteiger partial charge in [0.05, 0.1) is 11.7 Å². The van der Waals surface area contributed by atoms with Gasteiger partial charge in [0.2, 0.25) is 0 Å². The van der Waals surface area contributed by atoms with Crippen molar-refractivity contribution in [3.8, 4) is 0 Å². The molecule has 0 amide bonds. The van der Waals surface area contributed by atoms with Gasteiger partial charge in [-0.25, -0.2) is 9.37 Å². The number of nitrogens with one attached hydrogen (secondary N) is 1. The zero-order chi connectivity index (χ0) is 12.4. The lowest BCUT2D eigenvalue weighted by atomic mass is 10.1. The van der Waals surface area contributed by atoms with E-state index < -0.39 is 0 Å². The molecule has 0 radical (unpaired) electrons. The lowest BCUT2D eigenvalue weighted by Gasteiger charge is -2.12. The lowest BCUT2D eigenvalue weighted by Crippen LogP contribution is -2.06. The van der Waals surface area contributed by atoms with Crippen molar-refractivity contribution in [3.63, 3.8) is 0 Å². The minimum atomic E-state index is -0.207. The van der Waals surface area contributed by atoms with Crippen molar-refractivity contribution in [2.75, 3.05) is 5.32 Å². The monoisotopic (exact) mass is 250 g/mol. The second-order valence-electron chi connectivity index (χ2n) is 4.08. The third-order valence-electron chi connectivity index (χ3n) is 2.74. The number of hydrogen-bond donors (Lipinski definition) is 1. The Kier molecular flexibility index (Phi) is 3.43. The molecule has 0 bridgehead atoms. The fourth-order valence-electron chi connectivity index (χ4n) is 1.55. The maximum Gasteiger partial charge on any atom is 0.183 e. The van der Waals surface area contributed by atoms with Crippen molar-refractivity contribution >= 4 is 16.5 Å². The number of aryl methyl sites for hydroxylation is 2. The molecule has 2 nitrogen and oxygen atoms in total. The summed E-state index contributed by atoms with van der Waals surface area (Å²) in [6.07, 6.45) is 0. The molecule has 2 aromatic rings. The highest BCUT2D eigenvalue weighted by molar-refractivity contribution is 7.15. The van der Waals surface area contributed by atoms with Gasteiger partial charge in [-0.1, -0.05) is 12.1 Å². The second-order valence-corrected chi connectivity index (χ2v) is 5.28. The molecule has 0 saturated heterocycles. The maximum atomic E-state index is 12.8. The van der Waals surface area contributed by atoms with E-state index in [1.165, 1.54) is 17.0 Å². The molecule has 1 N–H and O–H groups in total. The molecule has 1 aromatic heterocycles. The summed E-state index contributed by atoms with van der Waals surface area (Å²) in [5.41, 5.74) is 2.11. The summed E-state index contributed by atoms with van der Waals surface area (Å²) in [6.45, 7) is 6.10. The number of anilines is 1. The number of rotatable bonds is 3. The van der Waals surface area contributed by atoms with Crippen LogP contribution in [0.15, 0.2) is 24.3 Å². The first-order chi connectivity index (χ1) is 8.06. The van der Waals surface area contributed by atoms with Crippen LogP contribution in [-0.4, -0.2) is 4.98 Å². The van der Waals surface area contributed by atoms with E-state index in [2.05, 4.69) is 17.2 Å². The topological polar surface area (TPSA) is 24.9 Å². The fourth-order valence-corrected chi connectivity index (χ4v) is 2.46. The van der Waals surface area contributed by atoms with Gasteiger partial charge in [0.25, 0.3) is 0 Å². The standard InChI is InChI=1S/C13H15FN2S/c1-8-10(3)17-13(15-8)16-9(2)11-4-6-12(14)7-5-11/h4-7,9H,1-3H3,(H,15,16). The predicted octanol–water partition coefficient (Wildman–Crippen LogP) is 4.07. The van der Waals surface area contributed by atoms with E-state index in [1.807, 2.05) is 13.8 Å². The van der Waals surface area contributed by atoms with Crippen molar-refractivity contribution in [2.45, 2.75) is 26.8 Å². The largest absolute Gasteiger partial charge is 0.355 e. The van der Waals surface area contributed by atoms with Gasteiger partial charge in [0.1, 0.15) is 5.82 Å². The van der Waals surface area contributed by atoms with Crippen molar-refractivity contribution in [1.29, 1.82) is 0 Å². The van der Waals surface area contributed by atoms with Gasteiger partial charge in [-0.05, 0) is 38.5 Å². The van der Waals surface area contributed by atoms with Crippen LogP contribution in [-0.2, 0) is 0 Å². The smallest absolute Gasteiger partial charge is 0.183 e. The molecule has 1 unspecified atom stereocenters. The summed E-state index contributed by atoms with van der Waals surface area (Å²) in [7, 11) is 0. The van der Waals surface area contributed by atoms with Crippen LogP contribution >= 0.6 is 11.3 Å². The summed E-state index contributed by atoms with van der Waals surface area (Å²) < 4.78 is 12.8. The second kappa shape index (κ2) is 4.84. The van der Waals surface area contributed by atoms with Crippen LogP contribution in [0.2, 0.25) is 0 Å². The summed E-state index contributed by atoms with van der Waals surface area (Å²) in [6, 6.07) is 6.67. The number of benzene rings is 1. The Morgan fingerprint density at radius 1 is 1.24 bits per heavy atom. The Morgan fingerprint density at radius 2 is 1.88 bits per heavy atom. The van der Waals surface area contributed by atoms with E-state index in [1.54, 1.807) is 23.5 Å². The summed E-state index contributed by atoms with van der Waals surface area (Å²) in [5.74, 6) is -0.207. The van der Waals surface area contributed by atoms with Gasteiger partial charge in [0, 0.05) is 4.88 Å². The Hall–Kier alpha value is -1.42. The van der Waals surface area contributed by atoms with Crippen LogP contribution in [0.25, 0.3) is 0 Å². The van der Waals surface area contributed by atoms with Crippen LogP contribution in [0.1, 0.15) is 29.1 Å². The average molecular weight is 250 g/mol. The Bertz CT molecular complexity index is 485. The quantitative estimate of drug-likeness (QED) is 0.888. The van der Waals surface area contributed by atoms with Gasteiger partial charge in [-0.3, -0.25) is 0 Å². The van der Waals surface area contributed by atoms with E-state index in [4.69, 9.17) is 0 Å². The van der Waals surface area contributed by atoms with E-state index in [9.17, 15) is 4.39 Å². The summed E-state index contributed by atoms with van der Waals surface area (Å²) in [5, 5.41) is 4.24. The third-order valence-corrected chi connectivity index (χ3v) is 3.74. The molecule has 0 aliphatic heterocycles. The molecule has 0 aliphatic rings. The van der Waals surface area contributed by atoms with E-state index in [-0.39, 0.29) is 11.9 Å². The normalized spacial score (nSPS) is 12.5. The van der Waals surface area contributed by atoms with Crippen LogP contribution < -0.4 is 5.32 Å². The van der Waals surface area contributed by atoms with Gasteiger partial charge in [-0.2, -0.15) is 0 Å². The molecule has 0 aliphatic carbocycles. The number of hydrogen-bond acceptors (Lipinski definition) is 3. The van der Waals surface area contributed by atoms with Gasteiger partial charge >= 0.3 is 0 Å². The first-order valence-corrected chi connectivity index (χ1v) is 6.34. The highest BCUT2D eigenvalue weighted by atomic mass is 32.1. The third kappa shape index (κ3) is 2.82. The minimum Gasteiger partial charge on any atom is -0.355 e. The van der Waals surface area contributed by atoms with Crippen LogP contribution in [0, 0.1) is 19.7 Å². The minimum absolute atomic E-state index is 0.126. The molecule has 0 spiro atoms. The Morgan fingerprint density at radius 3 is 2.41 bits per heavy atom. The first kappa shape index (κ1) is 12.0. The molecular weight excluding hydrogens is 235 g/mol. The Balaban J connectivity index is 2.11. The molecule has 90 valence electrons. The maximum absolute atomic E-state index is 12.8. The predicted molar refractivity (Wildman–Crippen MR) is 70.0 cm³/mol. The molecule has 1 aromatic carbocycles. The lowest BCUT2D eigenvalue weighted by molar-refractivity contribution is 0.626. The molecule has 0 saturated carbocycles. The number of thiazole rings is 1. The van der Waals surface area contributed by atoms with Gasteiger partial charge in [-0.15, -0.1) is 11.3 Å². The zero-order valence-electron chi connectivity index (χ0n) is 10.1. The molecule has 17 heavy (non-hydrogen) atoms. The van der Waals surface area contributed by atoms with Gasteiger partial charge < -0.3 is 5.32 Å². The molecule has 4 heteroatoms. The zero-order valence-corrected chi connectivity index (χ0v) is 10.9. The van der Waals surface area contributed by atoms with E-state index >= 15 is 0 Å². The molecular formula is C13H15FN2S. The molecule has 2 rings (SSSR count). The number of nitrogens with zero attached hydrogens (tertiary/aromatic N) is 1. The molecule has 0 fully saturated rings. The van der Waals surface area contributed by atoms with Crippen molar-refractivity contribution in [2.24, 2.45) is 0 Å². The number of aromatic nitrogens is 1. The summed E-state index contributed by atoms with van der Waals surface area (Å²) >= 11 is 1.64. The first-order valence-electron chi connectivity index (χ1n) is 5.52. The van der Waals surface area contributed by atoms with Crippen LogP contribution in [0.5, 0.6) is 0 Å². The highest BCUT2D eigenvalue weighted by Crippen LogP contribution is 2.25. The number of halogens is 1. The fraction of sp³-hybridized carbons (Fsp3) is 0.308. The molecule has 1 atom stereocenters.